The van der Waals surface area contributed by atoms with Crippen LogP contribution in [-0.2, 0) is 0 Å². The van der Waals surface area contributed by atoms with Crippen molar-refractivity contribution in [1.82, 2.24) is 9.88 Å². The number of aliphatic hydroxyl groups excluding tert-OH is 1. The number of hydrogen-bond donors (Lipinski definition) is 3. The molecule has 0 aliphatic rings. The van der Waals surface area contributed by atoms with Crippen LogP contribution in [0.25, 0.3) is 10.8 Å². The highest BCUT2D eigenvalue weighted by Gasteiger charge is 2.25. The Morgan fingerprint density at radius 1 is 1.23 bits per heavy atom. The van der Waals surface area contributed by atoms with E-state index in [4.69, 9.17) is 11.6 Å². The van der Waals surface area contributed by atoms with Crippen molar-refractivity contribution in [2.45, 2.75) is 19.4 Å². The van der Waals surface area contributed by atoms with Gasteiger partial charge >= 0.3 is 6.03 Å². The number of urea groups is 1. The van der Waals surface area contributed by atoms with E-state index in [1.807, 2.05) is 0 Å². The summed E-state index contributed by atoms with van der Waals surface area (Å²) in [6.45, 7) is 1.51. The molecule has 164 valence electrons. The number of rotatable bonds is 6. The van der Waals surface area contributed by atoms with Crippen LogP contribution in [-0.4, -0.2) is 34.2 Å². The van der Waals surface area contributed by atoms with E-state index in [1.165, 1.54) is 23.2 Å². The molecule has 3 aromatic rings. The third-order valence-electron chi connectivity index (χ3n) is 4.86. The molecule has 0 saturated heterocycles. The second kappa shape index (κ2) is 9.40. The lowest BCUT2D eigenvalue weighted by Gasteiger charge is -2.30. The van der Waals surface area contributed by atoms with Gasteiger partial charge in [-0.2, -0.15) is 0 Å². The summed E-state index contributed by atoms with van der Waals surface area (Å²) < 4.78 is 41.5. The van der Waals surface area contributed by atoms with Crippen molar-refractivity contribution in [2.75, 3.05) is 18.5 Å². The number of H-pyrrole nitrogens is 1. The standard InChI is InChI=1S/C21H19ClF3N3O3/c1-11(15-10-26-20(30)19-14(15)7-12(23)8-18(19)25)28(5-2-6-29)21(31)27-13-3-4-17(24)16(22)9-13/h3-4,7-11,29H,2,5-6H2,1H3,(H,26,30)(H,27,31)/t11-/m0/s1. The van der Waals surface area contributed by atoms with E-state index in [-0.39, 0.29) is 41.1 Å². The summed E-state index contributed by atoms with van der Waals surface area (Å²) in [5.74, 6) is -2.53. The molecule has 3 N–H and O–H groups in total. The Kier molecular flexibility index (Phi) is 6.87. The van der Waals surface area contributed by atoms with E-state index < -0.39 is 35.1 Å². The fourth-order valence-corrected chi connectivity index (χ4v) is 3.50. The van der Waals surface area contributed by atoms with Crippen LogP contribution in [0, 0.1) is 17.5 Å². The number of carbonyl (C=O) groups excluding carboxylic acids is 1. The number of nitrogens with zero attached hydrogens (tertiary/aromatic N) is 1. The van der Waals surface area contributed by atoms with Gasteiger partial charge in [0.25, 0.3) is 5.56 Å². The van der Waals surface area contributed by atoms with Crippen molar-refractivity contribution in [3.8, 4) is 0 Å². The molecule has 0 aliphatic heterocycles. The summed E-state index contributed by atoms with van der Waals surface area (Å²) in [6, 6.07) is 3.95. The number of pyridine rings is 1. The first kappa shape index (κ1) is 22.6. The first-order chi connectivity index (χ1) is 14.7. The van der Waals surface area contributed by atoms with Gasteiger partial charge in [0.2, 0.25) is 0 Å². The molecule has 1 atom stereocenters. The number of aliphatic hydroxyl groups is 1. The number of halogens is 4. The van der Waals surface area contributed by atoms with Gasteiger partial charge in [-0.1, -0.05) is 11.6 Å². The molecular weight excluding hydrogens is 435 g/mol. The zero-order valence-corrected chi connectivity index (χ0v) is 17.1. The molecule has 31 heavy (non-hydrogen) atoms. The third kappa shape index (κ3) is 4.83. The minimum Gasteiger partial charge on any atom is -0.396 e. The Labute approximate surface area is 180 Å². The molecule has 0 fully saturated rings. The summed E-state index contributed by atoms with van der Waals surface area (Å²) in [6.07, 6.45) is 1.52. The van der Waals surface area contributed by atoms with E-state index in [0.29, 0.717) is 11.6 Å². The molecule has 10 heteroatoms. The van der Waals surface area contributed by atoms with Gasteiger partial charge in [0.05, 0.1) is 16.5 Å². The number of nitrogens with one attached hydrogen (secondary N) is 2. The lowest BCUT2D eigenvalue weighted by Crippen LogP contribution is -2.38. The molecule has 0 radical (unpaired) electrons. The number of fused-ring (bicyclic) bond motifs is 1. The monoisotopic (exact) mass is 453 g/mol. The van der Waals surface area contributed by atoms with Crippen LogP contribution >= 0.6 is 11.6 Å². The van der Waals surface area contributed by atoms with Gasteiger partial charge in [0, 0.05) is 31.1 Å². The predicted octanol–water partition coefficient (Wildman–Crippen LogP) is 4.58. The van der Waals surface area contributed by atoms with E-state index >= 15 is 0 Å². The predicted molar refractivity (Wildman–Crippen MR) is 112 cm³/mol. The second-order valence-electron chi connectivity index (χ2n) is 6.89. The highest BCUT2D eigenvalue weighted by Crippen LogP contribution is 2.29. The van der Waals surface area contributed by atoms with Gasteiger partial charge in [-0.3, -0.25) is 4.79 Å². The number of anilines is 1. The first-order valence-corrected chi connectivity index (χ1v) is 9.74. The highest BCUT2D eigenvalue weighted by atomic mass is 35.5. The Hall–Kier alpha value is -3.04. The maximum Gasteiger partial charge on any atom is 0.322 e. The number of aromatic amines is 1. The summed E-state index contributed by atoms with van der Waals surface area (Å²) in [7, 11) is 0. The normalized spacial score (nSPS) is 12.1. The molecule has 1 heterocycles. The maximum atomic E-state index is 14.2. The topological polar surface area (TPSA) is 85.4 Å². The minimum absolute atomic E-state index is 0.0281. The molecule has 3 rings (SSSR count). The lowest BCUT2D eigenvalue weighted by molar-refractivity contribution is 0.182. The molecule has 0 saturated carbocycles. The zero-order valence-electron chi connectivity index (χ0n) is 16.4. The van der Waals surface area contributed by atoms with E-state index in [1.54, 1.807) is 6.92 Å². The van der Waals surface area contributed by atoms with Gasteiger partial charge in [-0.25, -0.2) is 18.0 Å². The van der Waals surface area contributed by atoms with Gasteiger partial charge in [0.15, 0.2) is 0 Å². The minimum atomic E-state index is -1.02. The van der Waals surface area contributed by atoms with E-state index in [0.717, 1.165) is 12.1 Å². The van der Waals surface area contributed by atoms with Gasteiger partial charge in [0.1, 0.15) is 17.5 Å². The average molecular weight is 454 g/mol. The van der Waals surface area contributed by atoms with Crippen LogP contribution < -0.4 is 10.9 Å². The molecule has 0 bridgehead atoms. The van der Waals surface area contributed by atoms with Crippen molar-refractivity contribution in [2.24, 2.45) is 0 Å². The van der Waals surface area contributed by atoms with Gasteiger partial charge in [-0.15, -0.1) is 0 Å². The molecule has 0 unspecified atom stereocenters. The lowest BCUT2D eigenvalue weighted by atomic mass is 10.0. The maximum absolute atomic E-state index is 14.2. The van der Waals surface area contributed by atoms with Gasteiger partial charge < -0.3 is 20.3 Å². The molecule has 2 aromatic carbocycles. The fourth-order valence-electron chi connectivity index (χ4n) is 3.32. The number of carbonyl (C=O) groups is 1. The van der Waals surface area contributed by atoms with Crippen LogP contribution in [0.1, 0.15) is 24.9 Å². The Morgan fingerprint density at radius 2 is 1.97 bits per heavy atom. The van der Waals surface area contributed by atoms with Crippen molar-refractivity contribution in [1.29, 1.82) is 0 Å². The molecule has 2 amide bonds. The highest BCUT2D eigenvalue weighted by molar-refractivity contribution is 6.31. The van der Waals surface area contributed by atoms with E-state index in [2.05, 4.69) is 10.3 Å². The van der Waals surface area contributed by atoms with Crippen LogP contribution in [0.2, 0.25) is 5.02 Å². The summed E-state index contributed by atoms with van der Waals surface area (Å²) >= 11 is 5.75. The Bertz CT molecular complexity index is 1190. The zero-order chi connectivity index (χ0) is 22.7. The molecular formula is C21H19ClF3N3O3. The van der Waals surface area contributed by atoms with Crippen LogP contribution in [0.15, 0.2) is 41.3 Å². The molecule has 0 aliphatic carbocycles. The number of benzene rings is 2. The molecule has 6 nitrogen and oxygen atoms in total. The summed E-state index contributed by atoms with van der Waals surface area (Å²) in [5.41, 5.74) is -0.185. The van der Waals surface area contributed by atoms with Crippen molar-refractivity contribution in [3.05, 3.63) is 74.9 Å². The third-order valence-corrected chi connectivity index (χ3v) is 5.15. The second-order valence-corrected chi connectivity index (χ2v) is 7.30. The van der Waals surface area contributed by atoms with Crippen LogP contribution in [0.3, 0.4) is 0 Å². The van der Waals surface area contributed by atoms with Crippen molar-refractivity contribution < 1.29 is 23.1 Å². The quantitative estimate of drug-likeness (QED) is 0.511. The summed E-state index contributed by atoms with van der Waals surface area (Å²) in [4.78, 5) is 28.8. The molecule has 1 aromatic heterocycles. The van der Waals surface area contributed by atoms with E-state index in [9.17, 15) is 27.9 Å². The van der Waals surface area contributed by atoms with Crippen molar-refractivity contribution >= 4 is 34.1 Å². The smallest absolute Gasteiger partial charge is 0.322 e. The number of aromatic nitrogens is 1. The van der Waals surface area contributed by atoms with Crippen molar-refractivity contribution in [3.63, 3.8) is 0 Å². The molecule has 0 spiro atoms. The van der Waals surface area contributed by atoms with Crippen LogP contribution in [0.5, 0.6) is 0 Å². The first-order valence-electron chi connectivity index (χ1n) is 9.36. The van der Waals surface area contributed by atoms with Gasteiger partial charge in [-0.05, 0) is 48.6 Å². The largest absolute Gasteiger partial charge is 0.396 e. The SMILES string of the molecule is C[C@@H](c1c[nH]c(=O)c2c(F)cc(F)cc12)N(CCCO)C(=O)Nc1ccc(F)c(Cl)c1. The summed E-state index contributed by atoms with van der Waals surface area (Å²) in [5, 5.41) is 11.3. The van der Waals surface area contributed by atoms with Crippen LogP contribution in [0.4, 0.5) is 23.7 Å². The Balaban J connectivity index is 2.00. The average Bonchev–Trinajstić information content (AvgIpc) is 2.70. The number of hydrogen-bond acceptors (Lipinski definition) is 3. The number of amides is 2. The fraction of sp³-hybridized carbons (Fsp3) is 0.238. The Morgan fingerprint density at radius 3 is 2.65 bits per heavy atom.